The number of benzene rings is 1. The third-order valence-corrected chi connectivity index (χ3v) is 2.61. The summed E-state index contributed by atoms with van der Waals surface area (Å²) in [7, 11) is 3.57. The van der Waals surface area contributed by atoms with Gasteiger partial charge in [-0.2, -0.15) is 0 Å². The second kappa shape index (κ2) is 7.80. The van der Waals surface area contributed by atoms with E-state index in [-0.39, 0.29) is 12.7 Å². The molecule has 0 bridgehead atoms. The standard InChI is InChI=1S/C15H21NO3/c1-12(18)10-16(2)11-14-9-13(5-4-8-17)6-7-15(14)19-3/h6-7,9,12,17-18H,8,10-11H2,1-3H3. The van der Waals surface area contributed by atoms with Gasteiger partial charge >= 0.3 is 0 Å². The van der Waals surface area contributed by atoms with Crippen molar-refractivity contribution in [3.8, 4) is 17.6 Å². The first-order chi connectivity index (χ1) is 9.06. The van der Waals surface area contributed by atoms with Gasteiger partial charge in [0.05, 0.1) is 13.2 Å². The van der Waals surface area contributed by atoms with Crippen molar-refractivity contribution in [1.29, 1.82) is 0 Å². The molecule has 4 heteroatoms. The SMILES string of the molecule is COc1ccc(C#CCO)cc1CN(C)CC(C)O. The molecule has 4 nitrogen and oxygen atoms in total. The zero-order valence-electron chi connectivity index (χ0n) is 11.7. The lowest BCUT2D eigenvalue weighted by Crippen LogP contribution is -2.26. The van der Waals surface area contributed by atoms with Crippen LogP contribution in [0.25, 0.3) is 0 Å². The minimum absolute atomic E-state index is 0.150. The highest BCUT2D eigenvalue weighted by atomic mass is 16.5. The fraction of sp³-hybridized carbons (Fsp3) is 0.467. The van der Waals surface area contributed by atoms with E-state index < -0.39 is 0 Å². The second-order valence-electron chi connectivity index (χ2n) is 4.53. The number of rotatable bonds is 5. The van der Waals surface area contributed by atoms with E-state index in [0.717, 1.165) is 16.9 Å². The van der Waals surface area contributed by atoms with E-state index in [0.29, 0.717) is 13.1 Å². The van der Waals surface area contributed by atoms with Crippen molar-refractivity contribution in [3.63, 3.8) is 0 Å². The molecule has 0 aliphatic carbocycles. The third-order valence-electron chi connectivity index (χ3n) is 2.61. The zero-order valence-corrected chi connectivity index (χ0v) is 11.7. The van der Waals surface area contributed by atoms with Gasteiger partial charge in [0.1, 0.15) is 12.4 Å². The lowest BCUT2D eigenvalue weighted by atomic mass is 10.1. The topological polar surface area (TPSA) is 52.9 Å². The van der Waals surface area contributed by atoms with Gasteiger partial charge in [-0.1, -0.05) is 11.8 Å². The number of aliphatic hydroxyl groups is 2. The first kappa shape index (κ1) is 15.5. The van der Waals surface area contributed by atoms with Crippen LogP contribution in [0, 0.1) is 11.8 Å². The van der Waals surface area contributed by atoms with Crippen molar-refractivity contribution in [2.75, 3.05) is 27.3 Å². The van der Waals surface area contributed by atoms with Crippen LogP contribution in [0.15, 0.2) is 18.2 Å². The van der Waals surface area contributed by atoms with Crippen molar-refractivity contribution in [3.05, 3.63) is 29.3 Å². The molecule has 1 unspecified atom stereocenters. The van der Waals surface area contributed by atoms with E-state index in [1.807, 2.05) is 30.1 Å². The predicted octanol–water partition coefficient (Wildman–Crippen LogP) is 0.852. The van der Waals surface area contributed by atoms with E-state index in [1.165, 1.54) is 0 Å². The fourth-order valence-electron chi connectivity index (χ4n) is 1.93. The molecule has 0 aliphatic heterocycles. The largest absolute Gasteiger partial charge is 0.496 e. The lowest BCUT2D eigenvalue weighted by Gasteiger charge is -2.19. The number of likely N-dealkylation sites (N-methyl/N-ethyl adjacent to an activating group) is 1. The monoisotopic (exact) mass is 263 g/mol. The average Bonchev–Trinajstić information content (AvgIpc) is 2.35. The highest BCUT2D eigenvalue weighted by molar-refractivity contribution is 5.44. The Morgan fingerprint density at radius 3 is 2.74 bits per heavy atom. The van der Waals surface area contributed by atoms with E-state index in [4.69, 9.17) is 9.84 Å². The molecule has 0 aliphatic rings. The van der Waals surface area contributed by atoms with Crippen LogP contribution >= 0.6 is 0 Å². The number of aliphatic hydroxyl groups excluding tert-OH is 2. The second-order valence-corrected chi connectivity index (χ2v) is 4.53. The Morgan fingerprint density at radius 2 is 2.16 bits per heavy atom. The highest BCUT2D eigenvalue weighted by Gasteiger charge is 2.09. The maximum absolute atomic E-state index is 9.37. The first-order valence-corrected chi connectivity index (χ1v) is 6.20. The van der Waals surface area contributed by atoms with Crippen molar-refractivity contribution < 1.29 is 14.9 Å². The minimum Gasteiger partial charge on any atom is -0.496 e. The summed E-state index contributed by atoms with van der Waals surface area (Å²) in [5, 5.41) is 18.1. The molecule has 0 heterocycles. The smallest absolute Gasteiger partial charge is 0.123 e. The molecule has 0 amide bonds. The average molecular weight is 263 g/mol. The molecule has 0 aromatic heterocycles. The van der Waals surface area contributed by atoms with Crippen LogP contribution in [0.1, 0.15) is 18.1 Å². The number of hydrogen-bond donors (Lipinski definition) is 2. The summed E-state index contributed by atoms with van der Waals surface area (Å²) in [6.45, 7) is 2.87. The minimum atomic E-state index is -0.367. The Bertz CT molecular complexity index is 460. The molecule has 1 aromatic rings. The quantitative estimate of drug-likeness (QED) is 0.773. The van der Waals surface area contributed by atoms with Crippen LogP contribution in [0.5, 0.6) is 5.75 Å². The molecule has 0 radical (unpaired) electrons. The molecule has 1 aromatic carbocycles. The van der Waals surface area contributed by atoms with Crippen molar-refractivity contribution in [2.24, 2.45) is 0 Å². The van der Waals surface area contributed by atoms with Crippen molar-refractivity contribution in [2.45, 2.75) is 19.6 Å². The fourth-order valence-corrected chi connectivity index (χ4v) is 1.93. The van der Waals surface area contributed by atoms with Gasteiger partial charge in [-0.15, -0.1) is 0 Å². The van der Waals surface area contributed by atoms with Gasteiger partial charge in [-0.05, 0) is 32.2 Å². The Morgan fingerprint density at radius 1 is 1.42 bits per heavy atom. The molecule has 19 heavy (non-hydrogen) atoms. The van der Waals surface area contributed by atoms with E-state index in [1.54, 1.807) is 14.0 Å². The predicted molar refractivity (Wildman–Crippen MR) is 75.0 cm³/mol. The molecule has 1 rings (SSSR count). The zero-order chi connectivity index (χ0) is 14.3. The number of ether oxygens (including phenoxy) is 1. The van der Waals surface area contributed by atoms with E-state index in [9.17, 15) is 5.11 Å². The summed E-state index contributed by atoms with van der Waals surface area (Å²) in [5.41, 5.74) is 1.85. The molecule has 104 valence electrons. The van der Waals surface area contributed by atoms with Gasteiger partial charge in [0, 0.05) is 24.2 Å². The first-order valence-electron chi connectivity index (χ1n) is 6.20. The number of methoxy groups -OCH3 is 1. The van der Waals surface area contributed by atoms with Gasteiger partial charge in [0.15, 0.2) is 0 Å². The maximum atomic E-state index is 9.37. The summed E-state index contributed by atoms with van der Waals surface area (Å²) in [4.78, 5) is 2.02. The summed E-state index contributed by atoms with van der Waals surface area (Å²) in [5.74, 6) is 6.30. The lowest BCUT2D eigenvalue weighted by molar-refractivity contribution is 0.138. The molecule has 2 N–H and O–H groups in total. The van der Waals surface area contributed by atoms with Crippen molar-refractivity contribution in [1.82, 2.24) is 4.90 Å². The summed E-state index contributed by atoms with van der Waals surface area (Å²) >= 11 is 0. The number of hydrogen-bond acceptors (Lipinski definition) is 4. The van der Waals surface area contributed by atoms with Crippen LogP contribution in [0.3, 0.4) is 0 Å². The maximum Gasteiger partial charge on any atom is 0.123 e. The molecule has 0 saturated heterocycles. The van der Waals surface area contributed by atoms with Crippen LogP contribution < -0.4 is 4.74 Å². The van der Waals surface area contributed by atoms with E-state index in [2.05, 4.69) is 11.8 Å². The third kappa shape index (κ3) is 5.31. The molecular formula is C15H21NO3. The van der Waals surface area contributed by atoms with Crippen LogP contribution in [-0.2, 0) is 6.54 Å². The Kier molecular flexibility index (Phi) is 6.37. The molecule has 0 saturated carbocycles. The Hall–Kier alpha value is -1.54. The summed E-state index contributed by atoms with van der Waals surface area (Å²) in [6.07, 6.45) is -0.367. The van der Waals surface area contributed by atoms with Crippen molar-refractivity contribution >= 4 is 0 Å². The van der Waals surface area contributed by atoms with Gasteiger partial charge < -0.3 is 14.9 Å². The Labute approximate surface area is 114 Å². The van der Waals surface area contributed by atoms with Crippen LogP contribution in [0.2, 0.25) is 0 Å². The Balaban J connectivity index is 2.89. The van der Waals surface area contributed by atoms with E-state index >= 15 is 0 Å². The molecule has 1 atom stereocenters. The van der Waals surface area contributed by atoms with Gasteiger partial charge in [-0.3, -0.25) is 4.90 Å². The summed E-state index contributed by atoms with van der Waals surface area (Å²) < 4.78 is 5.32. The van der Waals surface area contributed by atoms with Gasteiger partial charge in [-0.25, -0.2) is 0 Å². The highest BCUT2D eigenvalue weighted by Crippen LogP contribution is 2.21. The number of nitrogens with zero attached hydrogens (tertiary/aromatic N) is 1. The summed E-state index contributed by atoms with van der Waals surface area (Å²) in [6, 6.07) is 5.67. The molecular weight excluding hydrogens is 242 g/mol. The normalized spacial score (nSPS) is 11.9. The van der Waals surface area contributed by atoms with Crippen LogP contribution in [0.4, 0.5) is 0 Å². The molecule has 0 spiro atoms. The van der Waals surface area contributed by atoms with Gasteiger partial charge in [0.2, 0.25) is 0 Å². The molecule has 0 fully saturated rings. The van der Waals surface area contributed by atoms with Gasteiger partial charge in [0.25, 0.3) is 0 Å². The van der Waals surface area contributed by atoms with Crippen LogP contribution in [-0.4, -0.2) is 48.5 Å².